The highest BCUT2D eigenvalue weighted by Crippen LogP contribution is 2.21. The van der Waals surface area contributed by atoms with Crippen LogP contribution in [0.15, 0.2) is 34.9 Å². The van der Waals surface area contributed by atoms with Gasteiger partial charge in [-0.25, -0.2) is 4.39 Å². The first-order valence-electron chi connectivity index (χ1n) is 7.04. The van der Waals surface area contributed by atoms with Crippen LogP contribution < -0.4 is 10.1 Å². The molecule has 0 saturated carbocycles. The lowest BCUT2D eigenvalue weighted by atomic mass is 10.1. The molecule has 21 heavy (non-hydrogen) atoms. The van der Waals surface area contributed by atoms with Gasteiger partial charge in [0.15, 0.2) is 0 Å². The van der Waals surface area contributed by atoms with Gasteiger partial charge in [0.2, 0.25) is 0 Å². The number of benzene rings is 1. The lowest BCUT2D eigenvalue weighted by molar-refractivity contribution is 0.296. The fourth-order valence-electron chi connectivity index (χ4n) is 1.93. The van der Waals surface area contributed by atoms with Crippen molar-refractivity contribution in [2.24, 2.45) is 0 Å². The van der Waals surface area contributed by atoms with Gasteiger partial charge in [0, 0.05) is 11.1 Å². The van der Waals surface area contributed by atoms with E-state index in [1.165, 1.54) is 12.1 Å². The van der Waals surface area contributed by atoms with Crippen molar-refractivity contribution < 1.29 is 13.5 Å². The fourth-order valence-corrected chi connectivity index (χ4v) is 1.93. The zero-order chi connectivity index (χ0) is 15.5. The largest absolute Gasteiger partial charge is 0.488 e. The van der Waals surface area contributed by atoms with Gasteiger partial charge < -0.3 is 14.5 Å². The van der Waals surface area contributed by atoms with E-state index < -0.39 is 0 Å². The summed E-state index contributed by atoms with van der Waals surface area (Å²) in [4.78, 5) is 0. The van der Waals surface area contributed by atoms with Crippen LogP contribution in [0.25, 0.3) is 0 Å². The highest BCUT2D eigenvalue weighted by atomic mass is 19.1. The molecule has 0 radical (unpaired) electrons. The van der Waals surface area contributed by atoms with Gasteiger partial charge in [-0.15, -0.1) is 0 Å². The van der Waals surface area contributed by atoms with Gasteiger partial charge in [-0.1, -0.05) is 0 Å². The van der Waals surface area contributed by atoms with Gasteiger partial charge in [0.1, 0.15) is 23.9 Å². The number of hydrogen-bond donors (Lipinski definition) is 1. The van der Waals surface area contributed by atoms with Crippen LogP contribution in [-0.2, 0) is 13.2 Å². The van der Waals surface area contributed by atoms with Crippen LogP contribution >= 0.6 is 0 Å². The third-order valence-electron chi connectivity index (χ3n) is 3.14. The fraction of sp³-hybridized carbons (Fsp3) is 0.412. The van der Waals surface area contributed by atoms with Gasteiger partial charge in [-0.3, -0.25) is 0 Å². The standard InChI is InChI=1S/C17H22FNO2/c1-12-9-14(18)5-6-15(12)21-11-13-7-8-20-16(13)10-19-17(2,3)4/h5-9,19H,10-11H2,1-4H3. The Hall–Kier alpha value is -1.81. The number of aryl methyl sites for hydroxylation is 1. The topological polar surface area (TPSA) is 34.4 Å². The predicted molar refractivity (Wildman–Crippen MR) is 80.8 cm³/mol. The number of halogens is 1. The van der Waals surface area contributed by atoms with E-state index in [2.05, 4.69) is 26.1 Å². The molecule has 0 aliphatic rings. The first kappa shape index (κ1) is 15.6. The SMILES string of the molecule is Cc1cc(F)ccc1OCc1ccoc1CNC(C)(C)C. The molecule has 0 aliphatic heterocycles. The van der Waals surface area contributed by atoms with Crippen molar-refractivity contribution in [2.75, 3.05) is 0 Å². The molecular weight excluding hydrogens is 269 g/mol. The first-order valence-corrected chi connectivity index (χ1v) is 7.04. The number of rotatable bonds is 5. The maximum absolute atomic E-state index is 13.1. The number of furan rings is 1. The summed E-state index contributed by atoms with van der Waals surface area (Å²) in [6.45, 7) is 9.20. The van der Waals surface area contributed by atoms with Crippen LogP contribution in [0.2, 0.25) is 0 Å². The Balaban J connectivity index is 1.99. The summed E-state index contributed by atoms with van der Waals surface area (Å²) in [7, 11) is 0. The van der Waals surface area contributed by atoms with E-state index in [9.17, 15) is 4.39 Å². The van der Waals surface area contributed by atoms with Crippen LogP contribution in [0.4, 0.5) is 4.39 Å². The molecule has 0 fully saturated rings. The molecule has 1 aromatic carbocycles. The Morgan fingerprint density at radius 1 is 1.24 bits per heavy atom. The molecule has 0 amide bonds. The van der Waals surface area contributed by atoms with E-state index >= 15 is 0 Å². The molecule has 0 aliphatic carbocycles. The maximum Gasteiger partial charge on any atom is 0.124 e. The Labute approximate surface area is 125 Å². The van der Waals surface area contributed by atoms with E-state index in [1.807, 2.05) is 13.0 Å². The van der Waals surface area contributed by atoms with Gasteiger partial charge in [-0.05, 0) is 57.5 Å². The van der Waals surface area contributed by atoms with Gasteiger partial charge in [-0.2, -0.15) is 0 Å². The Morgan fingerprint density at radius 3 is 2.67 bits per heavy atom. The van der Waals surface area contributed by atoms with E-state index in [1.54, 1.807) is 12.3 Å². The lowest BCUT2D eigenvalue weighted by Crippen LogP contribution is -2.35. The molecule has 0 bridgehead atoms. The summed E-state index contributed by atoms with van der Waals surface area (Å²) in [6, 6.07) is 6.42. The Morgan fingerprint density at radius 2 is 2.00 bits per heavy atom. The second-order valence-corrected chi connectivity index (χ2v) is 6.17. The molecule has 0 spiro atoms. The zero-order valence-electron chi connectivity index (χ0n) is 13.0. The zero-order valence-corrected chi connectivity index (χ0v) is 13.0. The summed E-state index contributed by atoms with van der Waals surface area (Å²) in [5, 5.41) is 3.38. The minimum absolute atomic E-state index is 0.0263. The van der Waals surface area contributed by atoms with E-state index in [4.69, 9.17) is 9.15 Å². The van der Waals surface area contributed by atoms with Crippen LogP contribution in [0.5, 0.6) is 5.75 Å². The van der Waals surface area contributed by atoms with Crippen LogP contribution in [0.3, 0.4) is 0 Å². The summed E-state index contributed by atoms with van der Waals surface area (Å²) >= 11 is 0. The van der Waals surface area contributed by atoms with Crippen molar-refractivity contribution in [3.05, 3.63) is 53.2 Å². The molecule has 4 heteroatoms. The van der Waals surface area contributed by atoms with Crippen molar-refractivity contribution in [2.45, 2.75) is 46.4 Å². The van der Waals surface area contributed by atoms with Crippen molar-refractivity contribution in [3.8, 4) is 5.75 Å². The summed E-state index contributed by atoms with van der Waals surface area (Å²) in [5.74, 6) is 1.30. The molecule has 2 rings (SSSR count). The van der Waals surface area contributed by atoms with Crippen molar-refractivity contribution >= 4 is 0 Å². The predicted octanol–water partition coefficient (Wildman–Crippen LogP) is 4.19. The third-order valence-corrected chi connectivity index (χ3v) is 3.14. The van der Waals surface area contributed by atoms with Crippen LogP contribution in [0, 0.1) is 12.7 Å². The molecule has 1 heterocycles. The minimum Gasteiger partial charge on any atom is -0.488 e. The molecular formula is C17H22FNO2. The highest BCUT2D eigenvalue weighted by molar-refractivity contribution is 5.33. The van der Waals surface area contributed by atoms with Crippen LogP contribution in [-0.4, -0.2) is 5.54 Å². The summed E-state index contributed by atoms with van der Waals surface area (Å²) in [6.07, 6.45) is 1.66. The monoisotopic (exact) mass is 291 g/mol. The number of ether oxygens (including phenoxy) is 1. The molecule has 0 unspecified atom stereocenters. The second kappa shape index (κ2) is 6.31. The van der Waals surface area contributed by atoms with Gasteiger partial charge >= 0.3 is 0 Å². The molecule has 0 atom stereocenters. The normalized spacial score (nSPS) is 11.7. The molecule has 2 aromatic rings. The second-order valence-electron chi connectivity index (χ2n) is 6.17. The quantitative estimate of drug-likeness (QED) is 0.896. The molecule has 3 nitrogen and oxygen atoms in total. The van der Waals surface area contributed by atoms with E-state index in [-0.39, 0.29) is 11.4 Å². The van der Waals surface area contributed by atoms with Crippen molar-refractivity contribution in [1.82, 2.24) is 5.32 Å². The number of hydrogen-bond acceptors (Lipinski definition) is 3. The van der Waals surface area contributed by atoms with E-state index in [0.717, 1.165) is 16.9 Å². The van der Waals surface area contributed by atoms with Gasteiger partial charge in [0.05, 0.1) is 12.8 Å². The Kier molecular flexibility index (Phi) is 4.68. The smallest absolute Gasteiger partial charge is 0.124 e. The summed E-state index contributed by atoms with van der Waals surface area (Å²) < 4.78 is 24.3. The minimum atomic E-state index is -0.252. The van der Waals surface area contributed by atoms with Crippen molar-refractivity contribution in [3.63, 3.8) is 0 Å². The molecule has 1 N–H and O–H groups in total. The average Bonchev–Trinajstić information content (AvgIpc) is 2.82. The lowest BCUT2D eigenvalue weighted by Gasteiger charge is -2.20. The highest BCUT2D eigenvalue weighted by Gasteiger charge is 2.13. The van der Waals surface area contributed by atoms with Gasteiger partial charge in [0.25, 0.3) is 0 Å². The molecule has 0 saturated heterocycles. The molecule has 1 aromatic heterocycles. The number of nitrogens with one attached hydrogen (secondary N) is 1. The maximum atomic E-state index is 13.1. The van der Waals surface area contributed by atoms with E-state index in [0.29, 0.717) is 18.9 Å². The summed E-state index contributed by atoms with van der Waals surface area (Å²) in [5.41, 5.74) is 1.81. The van der Waals surface area contributed by atoms with Crippen molar-refractivity contribution in [1.29, 1.82) is 0 Å². The van der Waals surface area contributed by atoms with Crippen LogP contribution in [0.1, 0.15) is 37.7 Å². The Bertz CT molecular complexity index is 599. The average molecular weight is 291 g/mol. The molecule has 114 valence electrons. The first-order chi connectivity index (χ1) is 9.85. The third kappa shape index (κ3) is 4.60.